The van der Waals surface area contributed by atoms with Crippen molar-refractivity contribution in [2.75, 3.05) is 26.7 Å². The third-order valence-corrected chi connectivity index (χ3v) is 7.72. The molecule has 1 amide bonds. The van der Waals surface area contributed by atoms with Crippen molar-refractivity contribution in [2.24, 2.45) is 0 Å². The second kappa shape index (κ2) is 12.9. The van der Waals surface area contributed by atoms with E-state index >= 15 is 0 Å². The summed E-state index contributed by atoms with van der Waals surface area (Å²) in [5, 5.41) is 12.7. The van der Waals surface area contributed by atoms with E-state index in [9.17, 15) is 9.90 Å². The first kappa shape index (κ1) is 28.5. The molecule has 7 heteroatoms. The van der Waals surface area contributed by atoms with Crippen LogP contribution in [0.1, 0.15) is 53.2 Å². The van der Waals surface area contributed by atoms with Gasteiger partial charge in [-0.25, -0.2) is 0 Å². The Morgan fingerprint density at radius 2 is 1.67 bits per heavy atom. The average Bonchev–Trinajstić information content (AvgIpc) is 2.89. The van der Waals surface area contributed by atoms with Crippen molar-refractivity contribution in [3.8, 4) is 0 Å². The SMILES string of the molecule is CN(CCCCN1CCC(O)(c2ccccc2)CC1c1ccc(Cl)c(Cl)c1)C(=O)c1ccccc1.Cl. The van der Waals surface area contributed by atoms with Crippen LogP contribution in [-0.2, 0) is 5.60 Å². The zero-order chi connectivity index (χ0) is 24.8. The molecule has 0 radical (unpaired) electrons. The number of nitrogens with zero attached hydrogens (tertiary/aromatic N) is 2. The molecule has 4 nitrogen and oxygen atoms in total. The smallest absolute Gasteiger partial charge is 0.253 e. The van der Waals surface area contributed by atoms with E-state index in [2.05, 4.69) is 4.90 Å². The summed E-state index contributed by atoms with van der Waals surface area (Å²) in [6.45, 7) is 2.35. The molecule has 1 fully saturated rings. The Hall–Kier alpha value is -2.08. The van der Waals surface area contributed by atoms with Gasteiger partial charge in [-0.05, 0) is 61.2 Å². The lowest BCUT2D eigenvalue weighted by atomic mass is 9.79. The number of hydrogen-bond donors (Lipinski definition) is 1. The van der Waals surface area contributed by atoms with Gasteiger partial charge in [0, 0.05) is 38.2 Å². The molecule has 36 heavy (non-hydrogen) atoms. The van der Waals surface area contributed by atoms with E-state index in [0.717, 1.165) is 37.1 Å². The summed E-state index contributed by atoms with van der Waals surface area (Å²) < 4.78 is 0. The molecular weight excluding hydrogens is 515 g/mol. The molecule has 1 saturated heterocycles. The molecule has 2 unspecified atom stereocenters. The maximum atomic E-state index is 12.6. The van der Waals surface area contributed by atoms with Crippen molar-refractivity contribution in [1.29, 1.82) is 0 Å². The van der Waals surface area contributed by atoms with E-state index in [1.165, 1.54) is 0 Å². The Balaban J connectivity index is 0.00000361. The summed E-state index contributed by atoms with van der Waals surface area (Å²) in [6.07, 6.45) is 3.11. The average molecular weight is 548 g/mol. The molecule has 0 spiro atoms. The number of benzene rings is 3. The Bertz CT molecular complexity index is 1130. The zero-order valence-corrected chi connectivity index (χ0v) is 22.8. The first-order chi connectivity index (χ1) is 16.9. The number of likely N-dealkylation sites (tertiary alicyclic amines) is 1. The second-order valence-electron chi connectivity index (χ2n) is 9.38. The molecule has 1 aliphatic rings. The third kappa shape index (κ3) is 6.81. The van der Waals surface area contributed by atoms with Crippen molar-refractivity contribution in [3.05, 3.63) is 106 Å². The number of unbranched alkanes of at least 4 members (excludes halogenated alkanes) is 1. The minimum Gasteiger partial charge on any atom is -0.385 e. The van der Waals surface area contributed by atoms with Gasteiger partial charge < -0.3 is 10.0 Å². The molecule has 0 bridgehead atoms. The number of rotatable bonds is 8. The fourth-order valence-electron chi connectivity index (χ4n) is 4.93. The van der Waals surface area contributed by atoms with Crippen LogP contribution in [0.4, 0.5) is 0 Å². The zero-order valence-electron chi connectivity index (χ0n) is 20.4. The van der Waals surface area contributed by atoms with Crippen LogP contribution in [0.3, 0.4) is 0 Å². The lowest BCUT2D eigenvalue weighted by Gasteiger charge is -2.44. The molecular formula is C29H33Cl3N2O2. The molecule has 192 valence electrons. The van der Waals surface area contributed by atoms with Crippen LogP contribution in [0.5, 0.6) is 0 Å². The molecule has 3 aromatic rings. The maximum Gasteiger partial charge on any atom is 0.253 e. The Labute approximate surface area is 230 Å². The first-order valence-electron chi connectivity index (χ1n) is 12.1. The number of piperidine rings is 1. The molecule has 1 N–H and O–H groups in total. The number of carbonyl (C=O) groups is 1. The van der Waals surface area contributed by atoms with Gasteiger partial charge in [-0.15, -0.1) is 12.4 Å². The fourth-order valence-corrected chi connectivity index (χ4v) is 5.24. The summed E-state index contributed by atoms with van der Waals surface area (Å²) in [5.74, 6) is 0.0465. The predicted octanol–water partition coefficient (Wildman–Crippen LogP) is 6.99. The number of carbonyl (C=O) groups excluding carboxylic acids is 1. The summed E-state index contributed by atoms with van der Waals surface area (Å²) in [7, 11) is 1.86. The van der Waals surface area contributed by atoms with Crippen molar-refractivity contribution >= 4 is 41.5 Å². The highest BCUT2D eigenvalue weighted by molar-refractivity contribution is 6.42. The van der Waals surface area contributed by atoms with Crippen LogP contribution in [0.2, 0.25) is 10.0 Å². The van der Waals surface area contributed by atoms with E-state index in [1.54, 1.807) is 4.90 Å². The van der Waals surface area contributed by atoms with Crippen LogP contribution in [0, 0.1) is 0 Å². The molecule has 0 aliphatic carbocycles. The van der Waals surface area contributed by atoms with Crippen molar-refractivity contribution in [1.82, 2.24) is 9.80 Å². The molecule has 1 heterocycles. The van der Waals surface area contributed by atoms with Crippen LogP contribution < -0.4 is 0 Å². The Kier molecular flexibility index (Phi) is 10.2. The lowest BCUT2D eigenvalue weighted by Crippen LogP contribution is -2.45. The van der Waals surface area contributed by atoms with Gasteiger partial charge in [0.25, 0.3) is 5.91 Å². The van der Waals surface area contributed by atoms with Gasteiger partial charge in [0.15, 0.2) is 0 Å². The molecule has 3 aromatic carbocycles. The Morgan fingerprint density at radius 3 is 2.33 bits per heavy atom. The summed E-state index contributed by atoms with van der Waals surface area (Å²) >= 11 is 12.5. The van der Waals surface area contributed by atoms with E-state index < -0.39 is 5.60 Å². The maximum absolute atomic E-state index is 12.6. The summed E-state index contributed by atoms with van der Waals surface area (Å²) in [6, 6.07) is 25.1. The molecule has 0 saturated carbocycles. The van der Waals surface area contributed by atoms with Gasteiger partial charge in [-0.2, -0.15) is 0 Å². The molecule has 4 rings (SSSR count). The quantitative estimate of drug-likeness (QED) is 0.309. The highest BCUT2D eigenvalue weighted by atomic mass is 35.5. The highest BCUT2D eigenvalue weighted by Gasteiger charge is 2.40. The minimum atomic E-state index is -0.892. The van der Waals surface area contributed by atoms with Crippen LogP contribution >= 0.6 is 35.6 Å². The molecule has 0 aromatic heterocycles. The summed E-state index contributed by atoms with van der Waals surface area (Å²) in [5.41, 5.74) is 1.83. The van der Waals surface area contributed by atoms with Gasteiger partial charge in [0.05, 0.1) is 15.6 Å². The van der Waals surface area contributed by atoms with Crippen LogP contribution in [0.15, 0.2) is 78.9 Å². The van der Waals surface area contributed by atoms with Crippen LogP contribution in [0.25, 0.3) is 0 Å². The monoisotopic (exact) mass is 546 g/mol. The van der Waals surface area contributed by atoms with Gasteiger partial charge in [-0.1, -0.05) is 77.8 Å². The van der Waals surface area contributed by atoms with E-state index in [-0.39, 0.29) is 24.4 Å². The minimum absolute atomic E-state index is 0. The van der Waals surface area contributed by atoms with Crippen LogP contribution in [-0.4, -0.2) is 47.5 Å². The standard InChI is InChI=1S/C29H32Cl2N2O2.ClH/c1-32(28(34)22-10-4-2-5-11-22)17-8-9-18-33-19-16-29(35,24-12-6-3-7-13-24)21-27(33)23-14-15-25(30)26(31)20-23;/h2-7,10-15,20,27,35H,8-9,16-19,21H2,1H3;1H. The van der Waals surface area contributed by atoms with Crippen molar-refractivity contribution in [3.63, 3.8) is 0 Å². The molecule has 2 atom stereocenters. The summed E-state index contributed by atoms with van der Waals surface area (Å²) in [4.78, 5) is 16.8. The topological polar surface area (TPSA) is 43.8 Å². The first-order valence-corrected chi connectivity index (χ1v) is 12.9. The number of aliphatic hydroxyl groups is 1. The number of amides is 1. The second-order valence-corrected chi connectivity index (χ2v) is 10.2. The van der Waals surface area contributed by atoms with Crippen molar-refractivity contribution < 1.29 is 9.90 Å². The van der Waals surface area contributed by atoms with E-state index in [1.807, 2.05) is 85.9 Å². The lowest BCUT2D eigenvalue weighted by molar-refractivity contribution is -0.0535. The Morgan fingerprint density at radius 1 is 1.00 bits per heavy atom. The van der Waals surface area contributed by atoms with Gasteiger partial charge >= 0.3 is 0 Å². The highest BCUT2D eigenvalue weighted by Crippen LogP contribution is 2.43. The van der Waals surface area contributed by atoms with E-state index in [0.29, 0.717) is 35.0 Å². The number of halogens is 3. The van der Waals surface area contributed by atoms with Gasteiger partial charge in [0.1, 0.15) is 0 Å². The fraction of sp³-hybridized carbons (Fsp3) is 0.345. The van der Waals surface area contributed by atoms with Gasteiger partial charge in [0.2, 0.25) is 0 Å². The number of hydrogen-bond acceptors (Lipinski definition) is 3. The largest absolute Gasteiger partial charge is 0.385 e. The predicted molar refractivity (Wildman–Crippen MR) is 150 cm³/mol. The van der Waals surface area contributed by atoms with E-state index in [4.69, 9.17) is 23.2 Å². The third-order valence-electron chi connectivity index (χ3n) is 6.98. The van der Waals surface area contributed by atoms with Crippen molar-refractivity contribution in [2.45, 2.75) is 37.3 Å². The molecule has 1 aliphatic heterocycles. The van der Waals surface area contributed by atoms with Gasteiger partial charge in [-0.3, -0.25) is 9.69 Å². The normalized spacial score (nSPS) is 19.9.